The van der Waals surface area contributed by atoms with Gasteiger partial charge in [0.2, 0.25) is 0 Å². The summed E-state index contributed by atoms with van der Waals surface area (Å²) in [6.07, 6.45) is 3.48. The molecule has 0 atom stereocenters. The van der Waals surface area contributed by atoms with E-state index >= 15 is 0 Å². The van der Waals surface area contributed by atoms with Crippen LogP contribution in [0.15, 0.2) is 41.1 Å². The van der Waals surface area contributed by atoms with E-state index in [1.165, 1.54) is 13.2 Å². The molecule has 22 heavy (non-hydrogen) atoms. The molecule has 0 saturated heterocycles. The molecule has 0 aliphatic rings. The zero-order valence-electron chi connectivity index (χ0n) is 11.6. The zero-order valence-corrected chi connectivity index (χ0v) is 11.6. The van der Waals surface area contributed by atoms with Crippen molar-refractivity contribution in [2.45, 2.75) is 6.42 Å². The maximum atomic E-state index is 11.6. The smallest absolute Gasteiger partial charge is 0.356 e. The van der Waals surface area contributed by atoms with Gasteiger partial charge in [-0.25, -0.2) is 14.6 Å². The molecule has 0 radical (unpaired) electrons. The van der Waals surface area contributed by atoms with Crippen LogP contribution in [0.2, 0.25) is 0 Å². The number of fused-ring (bicyclic) bond motifs is 1. The number of aromatic nitrogens is 2. The van der Waals surface area contributed by atoms with Crippen LogP contribution in [-0.4, -0.2) is 33.5 Å². The fourth-order valence-corrected chi connectivity index (χ4v) is 2.24. The molecular formula is C15H12N2O5. The van der Waals surface area contributed by atoms with Crippen molar-refractivity contribution in [3.05, 3.63) is 59.6 Å². The Morgan fingerprint density at radius 3 is 2.86 bits per heavy atom. The third-order valence-electron chi connectivity index (χ3n) is 3.25. The van der Waals surface area contributed by atoms with E-state index in [1.807, 2.05) is 0 Å². The summed E-state index contributed by atoms with van der Waals surface area (Å²) in [5.74, 6) is -0.516. The first-order chi connectivity index (χ1) is 10.6. The zero-order chi connectivity index (χ0) is 15.7. The molecule has 3 rings (SSSR count). The predicted molar refractivity (Wildman–Crippen MR) is 75.0 cm³/mol. The van der Waals surface area contributed by atoms with E-state index in [0.717, 1.165) is 0 Å². The number of esters is 1. The second kappa shape index (κ2) is 5.36. The Morgan fingerprint density at radius 1 is 1.41 bits per heavy atom. The van der Waals surface area contributed by atoms with Crippen LogP contribution in [0.25, 0.3) is 5.52 Å². The number of furan rings is 1. The number of imidazole rings is 1. The maximum absolute atomic E-state index is 11.6. The van der Waals surface area contributed by atoms with Gasteiger partial charge in [0, 0.05) is 6.20 Å². The number of pyridine rings is 1. The van der Waals surface area contributed by atoms with E-state index in [2.05, 4.69) is 9.72 Å². The van der Waals surface area contributed by atoms with Crippen molar-refractivity contribution < 1.29 is 23.8 Å². The van der Waals surface area contributed by atoms with Crippen LogP contribution >= 0.6 is 0 Å². The quantitative estimate of drug-likeness (QED) is 0.741. The summed E-state index contributed by atoms with van der Waals surface area (Å²) in [5.41, 5.74) is 0.478. The molecule has 0 aliphatic heterocycles. The molecule has 7 heteroatoms. The summed E-state index contributed by atoms with van der Waals surface area (Å²) < 4.78 is 11.5. The lowest BCUT2D eigenvalue weighted by atomic mass is 10.2. The molecule has 3 aromatic rings. The summed E-state index contributed by atoms with van der Waals surface area (Å²) >= 11 is 0. The van der Waals surface area contributed by atoms with Crippen molar-refractivity contribution in [2.24, 2.45) is 0 Å². The number of carbonyl (C=O) groups is 2. The van der Waals surface area contributed by atoms with E-state index in [-0.39, 0.29) is 11.3 Å². The number of ether oxygens (including phenoxy) is 1. The number of carboxylic acids is 1. The van der Waals surface area contributed by atoms with Crippen LogP contribution in [0, 0.1) is 0 Å². The van der Waals surface area contributed by atoms with E-state index < -0.39 is 11.9 Å². The number of hydrogen-bond donors (Lipinski definition) is 1. The minimum absolute atomic E-state index is 0.118. The van der Waals surface area contributed by atoms with Crippen LogP contribution in [0.5, 0.6) is 0 Å². The van der Waals surface area contributed by atoms with E-state index in [0.29, 0.717) is 23.5 Å². The van der Waals surface area contributed by atoms with Crippen LogP contribution in [0.4, 0.5) is 0 Å². The second-order valence-corrected chi connectivity index (χ2v) is 4.60. The lowest BCUT2D eigenvalue weighted by Gasteiger charge is -2.02. The number of carboxylic acid groups (broad SMARTS) is 1. The van der Waals surface area contributed by atoms with Gasteiger partial charge < -0.3 is 18.7 Å². The molecule has 0 bridgehead atoms. The minimum atomic E-state index is -1.16. The Bertz CT molecular complexity index is 848. The van der Waals surface area contributed by atoms with Gasteiger partial charge in [-0.2, -0.15) is 0 Å². The first kappa shape index (κ1) is 13.9. The number of aromatic carboxylic acids is 1. The van der Waals surface area contributed by atoms with Gasteiger partial charge in [-0.3, -0.25) is 0 Å². The average Bonchev–Trinajstić information content (AvgIpc) is 3.14. The molecule has 0 unspecified atom stereocenters. The monoisotopic (exact) mass is 300 g/mol. The van der Waals surface area contributed by atoms with Gasteiger partial charge in [0.1, 0.15) is 11.6 Å². The van der Waals surface area contributed by atoms with Gasteiger partial charge in [-0.15, -0.1) is 0 Å². The molecule has 7 nitrogen and oxygen atoms in total. The summed E-state index contributed by atoms with van der Waals surface area (Å²) in [5, 5.41) is 9.29. The summed E-state index contributed by atoms with van der Waals surface area (Å²) in [4.78, 5) is 27.1. The molecule has 3 heterocycles. The van der Waals surface area contributed by atoms with Gasteiger partial charge in [0.15, 0.2) is 5.69 Å². The number of rotatable bonds is 4. The molecule has 0 fully saturated rings. The van der Waals surface area contributed by atoms with Crippen molar-refractivity contribution in [1.82, 2.24) is 9.38 Å². The average molecular weight is 300 g/mol. The standard InChI is InChI=1S/C15H12N2O5/c1-21-15(20)9-4-5-17-11(7-9)13(14(18)19)16-12(17)8-10-3-2-6-22-10/h2-7H,8H2,1H3,(H,18,19). The van der Waals surface area contributed by atoms with Gasteiger partial charge in [-0.1, -0.05) is 0 Å². The highest BCUT2D eigenvalue weighted by Gasteiger charge is 2.19. The first-order valence-electron chi connectivity index (χ1n) is 6.45. The Kier molecular flexibility index (Phi) is 3.38. The van der Waals surface area contributed by atoms with Crippen molar-refractivity contribution in [1.29, 1.82) is 0 Å². The number of carbonyl (C=O) groups excluding carboxylic acids is 1. The van der Waals surface area contributed by atoms with E-state index in [1.54, 1.807) is 35.1 Å². The van der Waals surface area contributed by atoms with E-state index in [9.17, 15) is 14.7 Å². The highest BCUT2D eigenvalue weighted by Crippen LogP contribution is 2.18. The van der Waals surface area contributed by atoms with Crippen molar-refractivity contribution in [2.75, 3.05) is 7.11 Å². The molecule has 3 aromatic heterocycles. The van der Waals surface area contributed by atoms with Crippen molar-refractivity contribution in [3.8, 4) is 0 Å². The van der Waals surface area contributed by atoms with E-state index in [4.69, 9.17) is 4.42 Å². The third kappa shape index (κ3) is 2.32. The number of hydrogen-bond acceptors (Lipinski definition) is 5. The third-order valence-corrected chi connectivity index (χ3v) is 3.25. The molecule has 0 spiro atoms. The lowest BCUT2D eigenvalue weighted by Crippen LogP contribution is -2.03. The topological polar surface area (TPSA) is 94.0 Å². The van der Waals surface area contributed by atoms with Gasteiger partial charge in [0.25, 0.3) is 0 Å². The maximum Gasteiger partial charge on any atom is 0.356 e. The summed E-state index contributed by atoms with van der Waals surface area (Å²) in [7, 11) is 1.27. The Hall–Kier alpha value is -3.09. The number of methoxy groups -OCH3 is 1. The lowest BCUT2D eigenvalue weighted by molar-refractivity contribution is 0.0599. The van der Waals surface area contributed by atoms with Gasteiger partial charge in [-0.05, 0) is 24.3 Å². The Labute approximate surface area is 124 Å². The van der Waals surface area contributed by atoms with Crippen LogP contribution < -0.4 is 0 Å². The highest BCUT2D eigenvalue weighted by atomic mass is 16.5. The molecular weight excluding hydrogens is 288 g/mol. The normalized spacial score (nSPS) is 10.8. The molecule has 112 valence electrons. The first-order valence-corrected chi connectivity index (χ1v) is 6.45. The number of nitrogens with zero attached hydrogens (tertiary/aromatic N) is 2. The molecule has 0 saturated carbocycles. The predicted octanol–water partition coefficient (Wildman–Crippen LogP) is 2.00. The SMILES string of the molecule is COC(=O)c1ccn2c(Cc3ccco3)nc(C(=O)O)c2c1. The largest absolute Gasteiger partial charge is 0.476 e. The van der Waals surface area contributed by atoms with Crippen molar-refractivity contribution in [3.63, 3.8) is 0 Å². The fourth-order valence-electron chi connectivity index (χ4n) is 2.24. The fraction of sp³-hybridized carbons (Fsp3) is 0.133. The van der Waals surface area contributed by atoms with Crippen LogP contribution in [-0.2, 0) is 11.2 Å². The van der Waals surface area contributed by atoms with Crippen LogP contribution in [0.3, 0.4) is 0 Å². The molecule has 0 aliphatic carbocycles. The Morgan fingerprint density at radius 2 is 2.23 bits per heavy atom. The Balaban J connectivity index is 2.14. The molecule has 0 amide bonds. The van der Waals surface area contributed by atoms with Gasteiger partial charge in [0.05, 0.1) is 30.9 Å². The highest BCUT2D eigenvalue weighted by molar-refractivity contribution is 5.96. The van der Waals surface area contributed by atoms with Crippen LogP contribution in [0.1, 0.15) is 32.4 Å². The second-order valence-electron chi connectivity index (χ2n) is 4.60. The summed E-state index contributed by atoms with van der Waals surface area (Å²) in [6, 6.07) is 6.54. The summed E-state index contributed by atoms with van der Waals surface area (Å²) in [6.45, 7) is 0. The molecule has 1 N–H and O–H groups in total. The van der Waals surface area contributed by atoms with Crippen molar-refractivity contribution >= 4 is 17.5 Å². The van der Waals surface area contributed by atoms with Gasteiger partial charge >= 0.3 is 11.9 Å². The molecule has 0 aromatic carbocycles. The minimum Gasteiger partial charge on any atom is -0.476 e.